The number of nitrogens with zero attached hydrogens (tertiary/aromatic N) is 2. The van der Waals surface area contributed by atoms with Crippen molar-refractivity contribution >= 4 is 5.96 Å². The first-order valence-corrected chi connectivity index (χ1v) is 11.6. The lowest BCUT2D eigenvalue weighted by molar-refractivity contribution is 0.0536. The van der Waals surface area contributed by atoms with Crippen LogP contribution in [0.1, 0.15) is 30.0 Å². The Morgan fingerprint density at radius 3 is 2.59 bits per heavy atom. The third kappa shape index (κ3) is 8.26. The summed E-state index contributed by atoms with van der Waals surface area (Å²) in [5.41, 5.74) is 3.56. The third-order valence-corrected chi connectivity index (χ3v) is 5.49. The highest BCUT2D eigenvalue weighted by Crippen LogP contribution is 2.17. The van der Waals surface area contributed by atoms with Gasteiger partial charge in [-0.3, -0.25) is 0 Å². The number of likely N-dealkylation sites (tertiary alicyclic amines) is 1. The summed E-state index contributed by atoms with van der Waals surface area (Å²) in [4.78, 5) is 7.26. The van der Waals surface area contributed by atoms with Gasteiger partial charge in [-0.1, -0.05) is 54.6 Å². The monoisotopic (exact) mass is 439 g/mol. The van der Waals surface area contributed by atoms with E-state index in [0.717, 1.165) is 38.6 Å². The van der Waals surface area contributed by atoms with E-state index in [-0.39, 0.29) is 0 Å². The van der Waals surface area contributed by atoms with Gasteiger partial charge in [0.25, 0.3) is 0 Å². The molecule has 2 aromatic carbocycles. The van der Waals surface area contributed by atoms with Crippen LogP contribution in [0.25, 0.3) is 0 Å². The Morgan fingerprint density at radius 2 is 1.78 bits per heavy atom. The molecule has 2 aromatic rings. The van der Waals surface area contributed by atoms with E-state index < -0.39 is 0 Å². The molecule has 1 saturated heterocycles. The van der Waals surface area contributed by atoms with E-state index in [1.54, 1.807) is 7.11 Å². The highest BCUT2D eigenvalue weighted by molar-refractivity contribution is 5.80. The molecule has 0 radical (unpaired) electrons. The third-order valence-electron chi connectivity index (χ3n) is 5.49. The van der Waals surface area contributed by atoms with E-state index in [1.807, 2.05) is 18.2 Å². The minimum Gasteiger partial charge on any atom is -0.382 e. The Morgan fingerprint density at radius 1 is 1.00 bits per heavy atom. The van der Waals surface area contributed by atoms with E-state index >= 15 is 0 Å². The molecule has 0 saturated carbocycles. The maximum absolute atomic E-state index is 5.89. The van der Waals surface area contributed by atoms with Gasteiger partial charge >= 0.3 is 0 Å². The Kier molecular flexibility index (Phi) is 10.5. The highest BCUT2D eigenvalue weighted by atomic mass is 16.5. The molecule has 1 heterocycles. The van der Waals surface area contributed by atoms with Crippen molar-refractivity contribution in [1.82, 2.24) is 10.2 Å². The lowest BCUT2D eigenvalue weighted by atomic mass is 10.1. The minimum atomic E-state index is 0.542. The average molecular weight is 440 g/mol. The predicted molar refractivity (Wildman–Crippen MR) is 129 cm³/mol. The van der Waals surface area contributed by atoms with Gasteiger partial charge in [0.2, 0.25) is 0 Å². The van der Waals surface area contributed by atoms with Gasteiger partial charge in [-0.05, 0) is 30.0 Å². The topological polar surface area (TPSA) is 55.3 Å². The van der Waals surface area contributed by atoms with E-state index in [2.05, 4.69) is 53.5 Å². The average Bonchev–Trinajstić information content (AvgIpc) is 3.29. The molecule has 174 valence electrons. The molecule has 3 rings (SSSR count). The molecule has 0 bridgehead atoms. The predicted octanol–water partition coefficient (Wildman–Crippen LogP) is 3.85. The summed E-state index contributed by atoms with van der Waals surface area (Å²) in [5.74, 6) is 1.53. The fourth-order valence-corrected chi connectivity index (χ4v) is 3.82. The van der Waals surface area contributed by atoms with Crippen LogP contribution >= 0.6 is 0 Å². The second-order valence-electron chi connectivity index (χ2n) is 8.14. The van der Waals surface area contributed by atoms with Crippen LogP contribution in [0.5, 0.6) is 0 Å². The van der Waals surface area contributed by atoms with Crippen molar-refractivity contribution in [3.05, 3.63) is 71.3 Å². The summed E-state index contributed by atoms with van der Waals surface area (Å²) >= 11 is 0. The second-order valence-corrected chi connectivity index (χ2v) is 8.14. The van der Waals surface area contributed by atoms with Gasteiger partial charge in [-0.25, -0.2) is 4.99 Å². The normalized spacial score (nSPS) is 16.5. The van der Waals surface area contributed by atoms with Crippen LogP contribution in [0, 0.1) is 5.92 Å². The molecule has 1 fully saturated rings. The molecule has 0 aromatic heterocycles. The molecular formula is C26H37N3O3. The summed E-state index contributed by atoms with van der Waals surface area (Å²) in [7, 11) is 1.70. The number of ether oxygens (including phenoxy) is 3. The maximum atomic E-state index is 5.89. The molecule has 1 aliphatic heterocycles. The molecule has 1 N–H and O–H groups in total. The number of aliphatic imine (C=N–C) groups is 1. The quantitative estimate of drug-likeness (QED) is 0.309. The number of guanidine groups is 1. The lowest BCUT2D eigenvalue weighted by Crippen LogP contribution is -2.40. The van der Waals surface area contributed by atoms with E-state index in [4.69, 9.17) is 19.2 Å². The zero-order valence-electron chi connectivity index (χ0n) is 19.5. The number of hydrogen-bond donors (Lipinski definition) is 1. The zero-order valence-corrected chi connectivity index (χ0v) is 19.5. The fraction of sp³-hybridized carbons (Fsp3) is 0.500. The van der Waals surface area contributed by atoms with Crippen molar-refractivity contribution in [3.8, 4) is 0 Å². The summed E-state index contributed by atoms with van der Waals surface area (Å²) in [6.45, 7) is 8.93. The Hall–Kier alpha value is -2.41. The Labute approximate surface area is 192 Å². The SMILES string of the molecule is CCNC(=NCc1cccc(COCc2ccccc2)c1)N1CCC(COCCOC)C1. The van der Waals surface area contributed by atoms with Crippen molar-refractivity contribution in [1.29, 1.82) is 0 Å². The van der Waals surface area contributed by atoms with Crippen LogP contribution in [-0.2, 0) is 34.0 Å². The van der Waals surface area contributed by atoms with Gasteiger partial charge < -0.3 is 24.4 Å². The van der Waals surface area contributed by atoms with Crippen LogP contribution in [0.4, 0.5) is 0 Å². The molecule has 6 heteroatoms. The van der Waals surface area contributed by atoms with Crippen molar-refractivity contribution < 1.29 is 14.2 Å². The summed E-state index contributed by atoms with van der Waals surface area (Å²) in [6, 6.07) is 18.8. The Bertz CT molecular complexity index is 813. The molecule has 32 heavy (non-hydrogen) atoms. The first kappa shape index (κ1) is 24.2. The first-order valence-electron chi connectivity index (χ1n) is 11.6. The van der Waals surface area contributed by atoms with Crippen molar-refractivity contribution in [2.75, 3.05) is 46.6 Å². The van der Waals surface area contributed by atoms with E-state index in [1.165, 1.54) is 16.7 Å². The van der Waals surface area contributed by atoms with E-state index in [9.17, 15) is 0 Å². The molecular weight excluding hydrogens is 402 g/mol. The molecule has 6 nitrogen and oxygen atoms in total. The largest absolute Gasteiger partial charge is 0.382 e. The van der Waals surface area contributed by atoms with Gasteiger partial charge in [0.05, 0.1) is 39.6 Å². The number of hydrogen-bond acceptors (Lipinski definition) is 4. The molecule has 1 unspecified atom stereocenters. The van der Waals surface area contributed by atoms with Crippen LogP contribution in [0.3, 0.4) is 0 Å². The van der Waals surface area contributed by atoms with Gasteiger partial charge in [0.1, 0.15) is 0 Å². The minimum absolute atomic E-state index is 0.542. The number of benzene rings is 2. The van der Waals surface area contributed by atoms with Crippen molar-refractivity contribution in [2.24, 2.45) is 10.9 Å². The standard InChI is InChI=1S/C26H37N3O3/c1-3-27-26(29-13-12-25(18-29)21-31-15-14-30-2)28-17-23-10-7-11-24(16-23)20-32-19-22-8-5-4-6-9-22/h4-11,16,25H,3,12-15,17-21H2,1-2H3,(H,27,28). The lowest BCUT2D eigenvalue weighted by Gasteiger charge is -2.21. The van der Waals surface area contributed by atoms with Gasteiger partial charge in [-0.2, -0.15) is 0 Å². The smallest absolute Gasteiger partial charge is 0.194 e. The van der Waals surface area contributed by atoms with Crippen LogP contribution in [0.2, 0.25) is 0 Å². The van der Waals surface area contributed by atoms with Gasteiger partial charge in [0, 0.05) is 32.7 Å². The number of nitrogens with one attached hydrogen (secondary N) is 1. The molecule has 1 aliphatic rings. The zero-order chi connectivity index (χ0) is 22.4. The van der Waals surface area contributed by atoms with E-state index in [0.29, 0.717) is 38.9 Å². The summed E-state index contributed by atoms with van der Waals surface area (Å²) < 4.78 is 16.7. The van der Waals surface area contributed by atoms with Crippen molar-refractivity contribution in [2.45, 2.75) is 33.1 Å². The van der Waals surface area contributed by atoms with Gasteiger partial charge in [0.15, 0.2) is 5.96 Å². The number of methoxy groups -OCH3 is 1. The van der Waals surface area contributed by atoms with Crippen LogP contribution in [0.15, 0.2) is 59.6 Å². The summed E-state index contributed by atoms with van der Waals surface area (Å²) in [6.07, 6.45) is 1.13. The van der Waals surface area contributed by atoms with Crippen LogP contribution in [-0.4, -0.2) is 57.4 Å². The fourth-order valence-electron chi connectivity index (χ4n) is 3.82. The first-order chi connectivity index (χ1) is 15.8. The second kappa shape index (κ2) is 13.9. The maximum Gasteiger partial charge on any atom is 0.194 e. The molecule has 0 amide bonds. The highest BCUT2D eigenvalue weighted by Gasteiger charge is 2.24. The Balaban J connectivity index is 1.49. The molecule has 0 spiro atoms. The summed E-state index contributed by atoms with van der Waals surface area (Å²) in [5, 5.41) is 3.45. The molecule has 1 atom stereocenters. The van der Waals surface area contributed by atoms with Gasteiger partial charge in [-0.15, -0.1) is 0 Å². The number of rotatable bonds is 12. The molecule has 0 aliphatic carbocycles. The van der Waals surface area contributed by atoms with Crippen LogP contribution < -0.4 is 5.32 Å². The van der Waals surface area contributed by atoms with Crippen molar-refractivity contribution in [3.63, 3.8) is 0 Å².